The third-order valence-electron chi connectivity index (χ3n) is 14.2. The van der Waals surface area contributed by atoms with Gasteiger partial charge in [-0.05, 0) is 166 Å². The minimum Gasteiger partial charge on any atom is -0.508 e. The van der Waals surface area contributed by atoms with Gasteiger partial charge in [0, 0.05) is 6.42 Å². The topological polar surface area (TPSA) is 82.1 Å². The molecule has 4 aromatic carbocycles. The molecule has 322 valence electrons. The highest BCUT2D eigenvalue weighted by Crippen LogP contribution is 2.61. The summed E-state index contributed by atoms with van der Waals surface area (Å²) in [5, 5.41) is 13.9. The molecule has 6 heteroatoms. The van der Waals surface area contributed by atoms with E-state index in [2.05, 4.69) is 82.3 Å². The lowest BCUT2D eigenvalue weighted by molar-refractivity contribution is -0.218. The second kappa shape index (κ2) is 20.1. The van der Waals surface area contributed by atoms with E-state index in [1.165, 1.54) is 64.8 Å². The molecule has 4 aliphatic carbocycles. The van der Waals surface area contributed by atoms with E-state index in [4.69, 9.17) is 19.3 Å². The zero-order chi connectivity index (χ0) is 43.0. The summed E-state index contributed by atoms with van der Waals surface area (Å²) in [4.78, 5) is 24.7. The Morgan fingerprint density at radius 3 is 1.80 bits per heavy atom. The average Bonchev–Trinajstić information content (AvgIpc) is 3.23. The van der Waals surface area contributed by atoms with Crippen molar-refractivity contribution < 1.29 is 28.9 Å². The molecule has 4 aliphatic rings. The van der Waals surface area contributed by atoms with Crippen molar-refractivity contribution >= 4 is 33.5 Å². The molecular formula is C53H74O6. The number of phenolic OH excluding ortho intramolecular Hbond substituents is 1. The normalized spacial score (nSPS) is 23.1. The molecule has 59 heavy (non-hydrogen) atoms. The first-order valence-corrected chi connectivity index (χ1v) is 22.8. The monoisotopic (exact) mass is 807 g/mol. The lowest BCUT2D eigenvalue weighted by atomic mass is 9.49. The van der Waals surface area contributed by atoms with Crippen LogP contribution in [0.15, 0.2) is 78.9 Å². The SMILES string of the molecule is CCC(C)(C)C(=O)OC1(CC)C2CC3CC(C2)CC1C3.CCC(C)C(=O)OC(C)(C)CCOCc1c2ccccc2cc2ccccc12.CCC(C)c1ccc(O)cc1. The molecule has 0 heterocycles. The van der Waals surface area contributed by atoms with Crippen molar-refractivity contribution in [1.82, 2.24) is 0 Å². The van der Waals surface area contributed by atoms with Gasteiger partial charge >= 0.3 is 11.9 Å². The Labute approximate surface area is 355 Å². The van der Waals surface area contributed by atoms with Crippen LogP contribution >= 0.6 is 0 Å². The Hall–Kier alpha value is -3.90. The zero-order valence-corrected chi connectivity index (χ0v) is 37.9. The first-order chi connectivity index (χ1) is 28.1. The summed E-state index contributed by atoms with van der Waals surface area (Å²) < 4.78 is 18.0. The number of carbonyl (C=O) groups is 2. The smallest absolute Gasteiger partial charge is 0.312 e. The molecule has 0 aliphatic heterocycles. The molecule has 0 aromatic heterocycles. The number of fused-ring (bicyclic) bond motifs is 2. The lowest BCUT2D eigenvalue weighted by Gasteiger charge is -2.60. The molecule has 4 fully saturated rings. The highest BCUT2D eigenvalue weighted by atomic mass is 16.6. The van der Waals surface area contributed by atoms with Crippen LogP contribution in [0.25, 0.3) is 21.5 Å². The van der Waals surface area contributed by atoms with Gasteiger partial charge < -0.3 is 19.3 Å². The maximum atomic E-state index is 12.6. The van der Waals surface area contributed by atoms with Gasteiger partial charge in [0.15, 0.2) is 0 Å². The molecule has 0 radical (unpaired) electrons. The van der Waals surface area contributed by atoms with Crippen molar-refractivity contribution in [2.45, 2.75) is 157 Å². The van der Waals surface area contributed by atoms with Crippen molar-refractivity contribution in [2.24, 2.45) is 35.0 Å². The largest absolute Gasteiger partial charge is 0.508 e. The molecule has 1 N–H and O–H groups in total. The molecule has 4 aromatic rings. The number of hydrogen-bond donors (Lipinski definition) is 1. The second-order valence-corrected chi connectivity index (χ2v) is 19.2. The van der Waals surface area contributed by atoms with Crippen LogP contribution in [-0.4, -0.2) is 34.9 Å². The van der Waals surface area contributed by atoms with Gasteiger partial charge in [0.25, 0.3) is 0 Å². The summed E-state index contributed by atoms with van der Waals surface area (Å²) in [6.07, 6.45) is 11.1. The highest BCUT2D eigenvalue weighted by molar-refractivity contribution is 6.02. The van der Waals surface area contributed by atoms with Crippen LogP contribution in [0.1, 0.15) is 150 Å². The summed E-state index contributed by atoms with van der Waals surface area (Å²) in [7, 11) is 0. The van der Waals surface area contributed by atoms with E-state index in [9.17, 15) is 9.59 Å². The predicted octanol–water partition coefficient (Wildman–Crippen LogP) is 13.7. The van der Waals surface area contributed by atoms with Crippen LogP contribution in [0.4, 0.5) is 0 Å². The van der Waals surface area contributed by atoms with Gasteiger partial charge in [-0.3, -0.25) is 9.59 Å². The molecule has 8 rings (SSSR count). The van der Waals surface area contributed by atoms with E-state index in [0.717, 1.165) is 37.5 Å². The Morgan fingerprint density at radius 2 is 1.31 bits per heavy atom. The molecule has 0 spiro atoms. The molecule has 6 nitrogen and oxygen atoms in total. The molecule has 4 bridgehead atoms. The number of benzene rings is 4. The Balaban J connectivity index is 0.000000185. The fourth-order valence-corrected chi connectivity index (χ4v) is 9.64. The van der Waals surface area contributed by atoms with Crippen LogP contribution in [0.2, 0.25) is 0 Å². The number of carbonyl (C=O) groups excluding carboxylic acids is 2. The second-order valence-electron chi connectivity index (χ2n) is 19.2. The zero-order valence-electron chi connectivity index (χ0n) is 37.9. The number of ether oxygens (including phenoxy) is 3. The summed E-state index contributed by atoms with van der Waals surface area (Å²) >= 11 is 0. The van der Waals surface area contributed by atoms with E-state index < -0.39 is 5.60 Å². The molecule has 4 saturated carbocycles. The van der Waals surface area contributed by atoms with Crippen molar-refractivity contribution in [3.63, 3.8) is 0 Å². The number of hydrogen-bond acceptors (Lipinski definition) is 6. The van der Waals surface area contributed by atoms with Gasteiger partial charge in [-0.1, -0.05) is 102 Å². The maximum Gasteiger partial charge on any atom is 0.312 e. The predicted molar refractivity (Wildman–Crippen MR) is 242 cm³/mol. The van der Waals surface area contributed by atoms with Crippen molar-refractivity contribution in [2.75, 3.05) is 6.61 Å². The Bertz CT molecular complexity index is 1890. The average molecular weight is 807 g/mol. The molecule has 0 saturated heterocycles. The van der Waals surface area contributed by atoms with Gasteiger partial charge in [-0.2, -0.15) is 0 Å². The number of aromatic hydroxyl groups is 1. The van der Waals surface area contributed by atoms with Crippen LogP contribution in [0.3, 0.4) is 0 Å². The summed E-state index contributed by atoms with van der Waals surface area (Å²) in [6.45, 7) is 21.6. The molecule has 0 amide bonds. The Kier molecular flexibility index (Phi) is 15.7. The van der Waals surface area contributed by atoms with E-state index in [1.807, 2.05) is 53.7 Å². The Morgan fingerprint density at radius 1 is 0.763 bits per heavy atom. The molecule has 2 atom stereocenters. The van der Waals surface area contributed by atoms with Crippen molar-refractivity contribution in [1.29, 1.82) is 0 Å². The van der Waals surface area contributed by atoms with Crippen LogP contribution in [-0.2, 0) is 30.4 Å². The standard InChI is InChI=1S/C25H30O3.C18H30O2.C10H14O/c1-5-18(2)24(26)28-25(3,4)14-15-27-17-23-21-12-8-6-10-19(21)16-20-11-7-9-13-22(20)23;1-5-17(3,4)16(19)20-18(6-2)14-8-12-7-13(10-14)11-15(18)9-12;1-3-8(2)9-4-6-10(11)7-5-9/h6-13,16,18H,5,14-15,17H2,1-4H3;12-15H,5-11H2,1-4H3;4-8,11H,3H2,1-2H3. The van der Waals surface area contributed by atoms with Gasteiger partial charge in [0.05, 0.1) is 24.5 Å². The van der Waals surface area contributed by atoms with E-state index in [0.29, 0.717) is 43.1 Å². The summed E-state index contributed by atoms with van der Waals surface area (Å²) in [5.74, 6) is 3.91. The lowest BCUT2D eigenvalue weighted by Crippen LogP contribution is -2.60. The van der Waals surface area contributed by atoms with Gasteiger partial charge in [0.1, 0.15) is 17.0 Å². The summed E-state index contributed by atoms with van der Waals surface area (Å²) in [6, 6.07) is 26.5. The van der Waals surface area contributed by atoms with Crippen LogP contribution in [0, 0.1) is 35.0 Å². The van der Waals surface area contributed by atoms with Crippen molar-refractivity contribution in [3.05, 3.63) is 90.0 Å². The first kappa shape index (κ1) is 46.2. The minimum atomic E-state index is -0.526. The minimum absolute atomic E-state index is 0.0364. The molecular weight excluding hydrogens is 733 g/mol. The van der Waals surface area contributed by atoms with E-state index >= 15 is 0 Å². The fraction of sp³-hybridized carbons (Fsp3) is 0.585. The van der Waals surface area contributed by atoms with Gasteiger partial charge in [-0.25, -0.2) is 0 Å². The number of phenols is 1. The van der Waals surface area contributed by atoms with Gasteiger partial charge in [0.2, 0.25) is 0 Å². The van der Waals surface area contributed by atoms with Crippen LogP contribution < -0.4 is 0 Å². The van der Waals surface area contributed by atoms with Crippen molar-refractivity contribution in [3.8, 4) is 5.75 Å². The molecule has 2 unspecified atom stereocenters. The van der Waals surface area contributed by atoms with E-state index in [-0.39, 0.29) is 28.9 Å². The van der Waals surface area contributed by atoms with Gasteiger partial charge in [-0.15, -0.1) is 0 Å². The summed E-state index contributed by atoms with van der Waals surface area (Å²) in [5.41, 5.74) is 1.52. The first-order valence-electron chi connectivity index (χ1n) is 22.8. The third kappa shape index (κ3) is 11.3. The van der Waals surface area contributed by atoms with Crippen LogP contribution in [0.5, 0.6) is 5.75 Å². The fourth-order valence-electron chi connectivity index (χ4n) is 9.64. The van der Waals surface area contributed by atoms with E-state index in [1.54, 1.807) is 12.1 Å². The third-order valence-corrected chi connectivity index (χ3v) is 14.2. The number of rotatable bonds is 14. The number of esters is 2. The quantitative estimate of drug-likeness (QED) is 0.0776. The maximum absolute atomic E-state index is 12.6. The highest BCUT2D eigenvalue weighted by Gasteiger charge is 2.59.